The van der Waals surface area contributed by atoms with Crippen LogP contribution in [-0.2, 0) is 0 Å². The van der Waals surface area contributed by atoms with Gasteiger partial charge in [0.05, 0.1) is 0 Å². The van der Waals surface area contributed by atoms with Crippen molar-refractivity contribution >= 4 is 0 Å². The first kappa shape index (κ1) is 10.7. The molecule has 81 valence electrons. The molecule has 0 saturated carbocycles. The highest BCUT2D eigenvalue weighted by atomic mass is 16.5. The second-order valence-electron chi connectivity index (χ2n) is 3.85. The van der Waals surface area contributed by atoms with E-state index >= 15 is 0 Å². The number of ether oxygens (including phenoxy) is 1. The molecule has 0 spiro atoms. The maximum Gasteiger partial charge on any atom is 0.130 e. The van der Waals surface area contributed by atoms with Gasteiger partial charge in [-0.2, -0.15) is 0 Å². The second-order valence-corrected chi connectivity index (χ2v) is 3.85. The van der Waals surface area contributed by atoms with Crippen LogP contribution in [0, 0.1) is 6.92 Å². The molecule has 0 saturated heterocycles. The Morgan fingerprint density at radius 3 is 2.25 bits per heavy atom. The van der Waals surface area contributed by atoms with Gasteiger partial charge in [-0.1, -0.05) is 43.3 Å². The number of rotatable bonds is 3. The lowest BCUT2D eigenvalue weighted by Gasteiger charge is -2.13. The van der Waals surface area contributed by atoms with Gasteiger partial charge >= 0.3 is 0 Å². The van der Waals surface area contributed by atoms with Gasteiger partial charge in [0.2, 0.25) is 0 Å². The molecule has 0 aliphatic rings. The van der Waals surface area contributed by atoms with Crippen LogP contribution in [0.1, 0.15) is 18.4 Å². The van der Waals surface area contributed by atoms with Crippen molar-refractivity contribution in [2.24, 2.45) is 0 Å². The molecule has 1 atom stereocenters. The highest BCUT2D eigenvalue weighted by Crippen LogP contribution is 2.29. The van der Waals surface area contributed by atoms with Crippen molar-refractivity contribution in [2.45, 2.75) is 12.8 Å². The van der Waals surface area contributed by atoms with Gasteiger partial charge in [0.25, 0.3) is 0 Å². The van der Waals surface area contributed by atoms with Gasteiger partial charge in [0.15, 0.2) is 0 Å². The van der Waals surface area contributed by atoms with Crippen molar-refractivity contribution < 1.29 is 4.74 Å². The average molecular weight is 211 g/mol. The highest BCUT2D eigenvalue weighted by Gasteiger charge is 2.07. The summed E-state index contributed by atoms with van der Waals surface area (Å²) in [5.41, 5.74) is 1.13. The van der Waals surface area contributed by atoms with Gasteiger partial charge in [-0.05, 0) is 36.6 Å². The summed E-state index contributed by atoms with van der Waals surface area (Å²) in [5, 5.41) is 0. The molecule has 0 aliphatic heterocycles. The summed E-state index contributed by atoms with van der Waals surface area (Å²) in [7, 11) is 0. The molecule has 2 aromatic carbocycles. The third kappa shape index (κ3) is 2.43. The molecule has 2 rings (SSSR count). The van der Waals surface area contributed by atoms with Crippen LogP contribution in [0.4, 0.5) is 0 Å². The molecule has 1 radical (unpaired) electrons. The van der Waals surface area contributed by atoms with Crippen molar-refractivity contribution in [3.8, 4) is 11.5 Å². The summed E-state index contributed by atoms with van der Waals surface area (Å²) in [4.78, 5) is 0. The lowest BCUT2D eigenvalue weighted by atomic mass is 10.0. The van der Waals surface area contributed by atoms with Crippen LogP contribution in [0.25, 0.3) is 0 Å². The molecule has 0 heterocycles. The molecule has 0 amide bonds. The van der Waals surface area contributed by atoms with E-state index in [0.717, 1.165) is 17.1 Å². The molecule has 1 unspecified atom stereocenters. The topological polar surface area (TPSA) is 9.23 Å². The van der Waals surface area contributed by atoms with Crippen molar-refractivity contribution in [1.82, 2.24) is 0 Å². The smallest absolute Gasteiger partial charge is 0.130 e. The van der Waals surface area contributed by atoms with Gasteiger partial charge in [-0.25, -0.2) is 0 Å². The van der Waals surface area contributed by atoms with Crippen LogP contribution in [0.2, 0.25) is 0 Å². The quantitative estimate of drug-likeness (QED) is 0.730. The summed E-state index contributed by atoms with van der Waals surface area (Å²) >= 11 is 0. The van der Waals surface area contributed by atoms with E-state index in [9.17, 15) is 0 Å². The van der Waals surface area contributed by atoms with Gasteiger partial charge < -0.3 is 4.74 Å². The molecular weight excluding hydrogens is 196 g/mol. The Balaban J connectivity index is 2.28. The van der Waals surface area contributed by atoms with Crippen LogP contribution in [0.15, 0.2) is 54.6 Å². The molecule has 1 heteroatoms. The predicted molar refractivity (Wildman–Crippen MR) is 66.7 cm³/mol. The van der Waals surface area contributed by atoms with Crippen molar-refractivity contribution in [3.63, 3.8) is 0 Å². The molecule has 0 N–H and O–H groups in total. The van der Waals surface area contributed by atoms with Crippen LogP contribution in [-0.4, -0.2) is 0 Å². The molecule has 0 aliphatic carbocycles. The van der Waals surface area contributed by atoms with Gasteiger partial charge in [-0.15, -0.1) is 0 Å². The molecule has 16 heavy (non-hydrogen) atoms. The van der Waals surface area contributed by atoms with E-state index in [4.69, 9.17) is 4.74 Å². The summed E-state index contributed by atoms with van der Waals surface area (Å²) < 4.78 is 5.83. The predicted octanol–water partition coefficient (Wildman–Crippen LogP) is 4.42. The first-order valence-corrected chi connectivity index (χ1v) is 5.42. The highest BCUT2D eigenvalue weighted by molar-refractivity contribution is 5.39. The summed E-state index contributed by atoms with van der Waals surface area (Å²) in [6, 6.07) is 17.8. The summed E-state index contributed by atoms with van der Waals surface area (Å²) in [6.45, 7) is 6.09. The Kier molecular flexibility index (Phi) is 3.25. The molecular formula is C15H15O. The second kappa shape index (κ2) is 4.84. The van der Waals surface area contributed by atoms with Gasteiger partial charge in [0, 0.05) is 0 Å². The SMILES string of the molecule is [CH2]C(C)c1ccccc1Oc1ccccc1. The first-order valence-electron chi connectivity index (χ1n) is 5.42. The third-order valence-electron chi connectivity index (χ3n) is 2.42. The van der Waals surface area contributed by atoms with Crippen LogP contribution in [0.5, 0.6) is 11.5 Å². The Bertz CT molecular complexity index is 446. The van der Waals surface area contributed by atoms with Crippen molar-refractivity contribution in [2.75, 3.05) is 0 Å². The Morgan fingerprint density at radius 1 is 0.938 bits per heavy atom. The van der Waals surface area contributed by atoms with E-state index in [1.165, 1.54) is 0 Å². The molecule has 1 nitrogen and oxygen atoms in total. The maximum absolute atomic E-state index is 5.83. The average Bonchev–Trinajstić information content (AvgIpc) is 2.31. The molecule has 2 aromatic rings. The molecule has 0 fully saturated rings. The van der Waals surface area contributed by atoms with Crippen LogP contribution < -0.4 is 4.74 Å². The Labute approximate surface area is 96.7 Å². The normalized spacial score (nSPS) is 10.4. The zero-order valence-corrected chi connectivity index (χ0v) is 9.39. The fourth-order valence-electron chi connectivity index (χ4n) is 1.60. The van der Waals surface area contributed by atoms with E-state index in [2.05, 4.69) is 19.9 Å². The Hall–Kier alpha value is -1.76. The third-order valence-corrected chi connectivity index (χ3v) is 2.42. The lowest BCUT2D eigenvalue weighted by molar-refractivity contribution is 0.475. The van der Waals surface area contributed by atoms with E-state index in [0.29, 0.717) is 0 Å². The monoisotopic (exact) mass is 211 g/mol. The standard InChI is InChI=1S/C15H15O/c1-12(2)14-10-6-7-11-15(14)16-13-8-4-3-5-9-13/h3-12H,1H2,2H3. The fourth-order valence-corrected chi connectivity index (χ4v) is 1.60. The maximum atomic E-state index is 5.83. The fraction of sp³-hybridized carbons (Fsp3) is 0.133. The largest absolute Gasteiger partial charge is 0.457 e. The lowest BCUT2D eigenvalue weighted by Crippen LogP contribution is -1.93. The minimum Gasteiger partial charge on any atom is -0.457 e. The molecule has 0 aromatic heterocycles. The number of para-hydroxylation sites is 2. The zero-order valence-electron chi connectivity index (χ0n) is 9.39. The van der Waals surface area contributed by atoms with E-state index < -0.39 is 0 Å². The molecule has 0 bridgehead atoms. The van der Waals surface area contributed by atoms with Crippen molar-refractivity contribution in [1.29, 1.82) is 0 Å². The van der Waals surface area contributed by atoms with E-state index in [1.807, 2.05) is 48.5 Å². The van der Waals surface area contributed by atoms with E-state index in [1.54, 1.807) is 0 Å². The first-order chi connectivity index (χ1) is 7.77. The summed E-state index contributed by atoms with van der Waals surface area (Å²) in [5.74, 6) is 1.96. The van der Waals surface area contributed by atoms with E-state index in [-0.39, 0.29) is 5.92 Å². The minimum absolute atomic E-state index is 0.222. The van der Waals surface area contributed by atoms with Gasteiger partial charge in [0.1, 0.15) is 11.5 Å². The number of hydrogen-bond donors (Lipinski definition) is 0. The summed E-state index contributed by atoms with van der Waals surface area (Å²) in [6.07, 6.45) is 0. The van der Waals surface area contributed by atoms with Crippen molar-refractivity contribution in [3.05, 3.63) is 67.1 Å². The van der Waals surface area contributed by atoms with Crippen LogP contribution in [0.3, 0.4) is 0 Å². The van der Waals surface area contributed by atoms with Gasteiger partial charge in [-0.3, -0.25) is 0 Å². The van der Waals surface area contributed by atoms with Crippen LogP contribution >= 0.6 is 0 Å². The minimum atomic E-state index is 0.222. The Morgan fingerprint density at radius 2 is 1.56 bits per heavy atom. The number of hydrogen-bond acceptors (Lipinski definition) is 1. The zero-order chi connectivity index (χ0) is 11.4. The number of benzene rings is 2.